The molecular weight excluding hydrogens is 348 g/mol. The summed E-state index contributed by atoms with van der Waals surface area (Å²) in [6.07, 6.45) is 0. The summed E-state index contributed by atoms with van der Waals surface area (Å²) in [5.41, 5.74) is 0.226. The Kier molecular flexibility index (Phi) is 4.01. The Hall–Kier alpha value is -3.80. The van der Waals surface area contributed by atoms with Crippen molar-refractivity contribution in [3.63, 3.8) is 0 Å². The number of ether oxygens (including phenoxy) is 1. The minimum absolute atomic E-state index is 0.0917. The zero-order valence-corrected chi connectivity index (χ0v) is 14.0. The van der Waals surface area contributed by atoms with E-state index in [4.69, 9.17) is 9.15 Å². The number of phenolic OH excluding ortho intramolecular Hbond substituents is 2. The minimum Gasteiger partial charge on any atom is -0.504 e. The highest BCUT2D eigenvalue weighted by Gasteiger charge is 2.14. The van der Waals surface area contributed by atoms with E-state index in [1.165, 1.54) is 12.1 Å². The van der Waals surface area contributed by atoms with Crippen LogP contribution in [-0.2, 0) is 11.3 Å². The van der Waals surface area contributed by atoms with Crippen LogP contribution in [0.25, 0.3) is 21.7 Å². The van der Waals surface area contributed by atoms with Crippen molar-refractivity contribution in [1.82, 2.24) is 0 Å². The number of hydrogen-bond acceptors (Lipinski definition) is 6. The molecular formula is C21H14O6. The fraction of sp³-hybridized carbons (Fsp3) is 0.0476. The van der Waals surface area contributed by atoms with Crippen LogP contribution in [0.5, 0.6) is 11.5 Å². The highest BCUT2D eigenvalue weighted by atomic mass is 16.5. The third-order valence-corrected chi connectivity index (χ3v) is 4.29. The smallest absolute Gasteiger partial charge is 0.339 e. The summed E-state index contributed by atoms with van der Waals surface area (Å²) in [7, 11) is 0. The first-order valence-corrected chi connectivity index (χ1v) is 8.16. The molecule has 134 valence electrons. The summed E-state index contributed by atoms with van der Waals surface area (Å²) in [5, 5.41) is 21.3. The molecule has 6 heteroatoms. The van der Waals surface area contributed by atoms with Gasteiger partial charge in [0, 0.05) is 23.1 Å². The van der Waals surface area contributed by atoms with Crippen LogP contribution in [0.1, 0.15) is 15.9 Å². The Morgan fingerprint density at radius 2 is 1.67 bits per heavy atom. The van der Waals surface area contributed by atoms with E-state index in [2.05, 4.69) is 0 Å². The number of benzene rings is 3. The number of aromatic hydroxyl groups is 2. The lowest BCUT2D eigenvalue weighted by Crippen LogP contribution is -2.08. The molecule has 1 heterocycles. The number of carbonyl (C=O) groups is 1. The average Bonchev–Trinajstić information content (AvgIpc) is 2.66. The van der Waals surface area contributed by atoms with E-state index in [0.717, 1.165) is 16.8 Å². The Morgan fingerprint density at radius 3 is 2.52 bits per heavy atom. The van der Waals surface area contributed by atoms with Gasteiger partial charge in [0.2, 0.25) is 0 Å². The van der Waals surface area contributed by atoms with E-state index in [9.17, 15) is 19.8 Å². The predicted molar refractivity (Wildman–Crippen MR) is 98.9 cm³/mol. The highest BCUT2D eigenvalue weighted by molar-refractivity contribution is 6.04. The van der Waals surface area contributed by atoms with Crippen molar-refractivity contribution in [2.24, 2.45) is 0 Å². The van der Waals surface area contributed by atoms with Crippen LogP contribution in [0.15, 0.2) is 69.9 Å². The summed E-state index contributed by atoms with van der Waals surface area (Å²) >= 11 is 0. The maximum Gasteiger partial charge on any atom is 0.339 e. The van der Waals surface area contributed by atoms with Gasteiger partial charge in [-0.05, 0) is 22.9 Å². The Labute approximate surface area is 152 Å². The molecule has 2 N–H and O–H groups in total. The van der Waals surface area contributed by atoms with Crippen molar-refractivity contribution in [3.8, 4) is 11.5 Å². The Morgan fingerprint density at radius 1 is 0.926 bits per heavy atom. The number of fused-ring (bicyclic) bond motifs is 2. The zero-order chi connectivity index (χ0) is 19.0. The van der Waals surface area contributed by atoms with Crippen molar-refractivity contribution in [3.05, 3.63) is 82.2 Å². The van der Waals surface area contributed by atoms with E-state index in [0.29, 0.717) is 16.5 Å². The van der Waals surface area contributed by atoms with Gasteiger partial charge in [0.25, 0.3) is 0 Å². The van der Waals surface area contributed by atoms with Gasteiger partial charge in [-0.25, -0.2) is 9.59 Å². The molecule has 0 atom stereocenters. The average molecular weight is 362 g/mol. The topological polar surface area (TPSA) is 97.0 Å². The second-order valence-corrected chi connectivity index (χ2v) is 6.03. The van der Waals surface area contributed by atoms with Crippen LogP contribution in [0.2, 0.25) is 0 Å². The first-order valence-electron chi connectivity index (χ1n) is 8.16. The van der Waals surface area contributed by atoms with Crippen LogP contribution < -0.4 is 5.63 Å². The minimum atomic E-state index is -0.649. The van der Waals surface area contributed by atoms with Crippen molar-refractivity contribution in [2.45, 2.75) is 6.61 Å². The van der Waals surface area contributed by atoms with Gasteiger partial charge in [-0.3, -0.25) is 0 Å². The van der Waals surface area contributed by atoms with E-state index in [1.807, 2.05) is 30.3 Å². The molecule has 6 nitrogen and oxygen atoms in total. The van der Waals surface area contributed by atoms with Crippen molar-refractivity contribution >= 4 is 27.7 Å². The summed E-state index contributed by atoms with van der Waals surface area (Å²) < 4.78 is 10.4. The molecule has 0 amide bonds. The van der Waals surface area contributed by atoms with Crippen molar-refractivity contribution in [1.29, 1.82) is 0 Å². The summed E-state index contributed by atoms with van der Waals surface area (Å²) in [5.74, 6) is -1.30. The lowest BCUT2D eigenvalue weighted by molar-refractivity contribution is 0.0476. The molecule has 0 aliphatic carbocycles. The molecule has 0 aliphatic heterocycles. The number of hydrogen-bond donors (Lipinski definition) is 2. The van der Waals surface area contributed by atoms with Gasteiger partial charge in [0.05, 0.1) is 5.56 Å². The van der Waals surface area contributed by atoms with E-state index in [1.54, 1.807) is 12.1 Å². The van der Waals surface area contributed by atoms with Crippen LogP contribution >= 0.6 is 0 Å². The molecule has 0 unspecified atom stereocenters. The fourth-order valence-corrected chi connectivity index (χ4v) is 2.99. The van der Waals surface area contributed by atoms with Gasteiger partial charge in [-0.1, -0.05) is 36.4 Å². The van der Waals surface area contributed by atoms with E-state index < -0.39 is 17.3 Å². The lowest BCUT2D eigenvalue weighted by Gasteiger charge is -2.09. The molecule has 0 saturated carbocycles. The zero-order valence-electron chi connectivity index (χ0n) is 14.0. The molecule has 27 heavy (non-hydrogen) atoms. The third kappa shape index (κ3) is 3.08. The van der Waals surface area contributed by atoms with Gasteiger partial charge in [-0.15, -0.1) is 0 Å². The number of rotatable bonds is 3. The first-order chi connectivity index (χ1) is 13.0. The molecule has 0 fully saturated rings. The highest BCUT2D eigenvalue weighted by Crippen LogP contribution is 2.31. The van der Waals surface area contributed by atoms with Crippen LogP contribution in [0.4, 0.5) is 0 Å². The molecule has 1 aromatic heterocycles. The van der Waals surface area contributed by atoms with Crippen LogP contribution in [0, 0.1) is 0 Å². The van der Waals surface area contributed by atoms with Crippen LogP contribution in [0.3, 0.4) is 0 Å². The van der Waals surface area contributed by atoms with E-state index >= 15 is 0 Å². The Balaban J connectivity index is 1.68. The second kappa shape index (κ2) is 6.49. The number of carbonyl (C=O) groups excluding carboxylic acids is 1. The normalized spacial score (nSPS) is 11.0. The maximum atomic E-state index is 12.6. The monoisotopic (exact) mass is 362 g/mol. The summed E-state index contributed by atoms with van der Waals surface area (Å²) in [4.78, 5) is 24.3. The molecule has 3 aromatic carbocycles. The molecule has 0 aliphatic rings. The number of phenols is 2. The van der Waals surface area contributed by atoms with Gasteiger partial charge < -0.3 is 19.4 Å². The van der Waals surface area contributed by atoms with Crippen molar-refractivity contribution < 1.29 is 24.2 Å². The standard InChI is InChI=1S/C21H14O6/c22-17-9-16-13(8-20(24)27-19(16)10-18(17)23)11-26-21(25)15-7-3-5-12-4-1-2-6-14(12)15/h1-10,22-23H,11H2. The molecule has 4 rings (SSSR count). The Bertz CT molecular complexity index is 1230. The second-order valence-electron chi connectivity index (χ2n) is 6.03. The molecule has 0 spiro atoms. The van der Waals surface area contributed by atoms with Gasteiger partial charge in [0.1, 0.15) is 12.2 Å². The quantitative estimate of drug-likeness (QED) is 0.328. The number of esters is 1. The first kappa shape index (κ1) is 16.7. The van der Waals surface area contributed by atoms with Gasteiger partial charge >= 0.3 is 11.6 Å². The van der Waals surface area contributed by atoms with Crippen molar-refractivity contribution in [2.75, 3.05) is 0 Å². The summed E-state index contributed by atoms with van der Waals surface area (Å²) in [6, 6.07) is 16.4. The molecule has 0 saturated heterocycles. The summed E-state index contributed by atoms with van der Waals surface area (Å²) in [6.45, 7) is -0.186. The molecule has 0 radical (unpaired) electrons. The van der Waals surface area contributed by atoms with Crippen LogP contribution in [-0.4, -0.2) is 16.2 Å². The SMILES string of the molecule is O=C(OCc1cc(=O)oc2cc(O)c(O)cc12)c1cccc2ccccc12. The molecule has 4 aromatic rings. The third-order valence-electron chi connectivity index (χ3n) is 4.29. The maximum absolute atomic E-state index is 12.6. The van der Waals surface area contributed by atoms with Gasteiger partial charge in [-0.2, -0.15) is 0 Å². The van der Waals surface area contributed by atoms with E-state index in [-0.39, 0.29) is 17.9 Å². The predicted octanol–water partition coefficient (Wildman–Crippen LogP) is 3.71. The van der Waals surface area contributed by atoms with Gasteiger partial charge in [0.15, 0.2) is 11.5 Å². The lowest BCUT2D eigenvalue weighted by atomic mass is 10.0. The largest absolute Gasteiger partial charge is 0.504 e. The fourth-order valence-electron chi connectivity index (χ4n) is 2.99. The molecule has 0 bridgehead atoms.